The smallest absolute Gasteiger partial charge is 0.248 e. The van der Waals surface area contributed by atoms with Crippen LogP contribution in [0.2, 0.25) is 0 Å². The molecule has 0 atom stereocenters. The van der Waals surface area contributed by atoms with E-state index in [2.05, 4.69) is 165 Å². The van der Waals surface area contributed by atoms with Crippen LogP contribution < -0.4 is 21.3 Å². The minimum atomic E-state index is -0.0882. The molecule has 3 aliphatic rings. The molecule has 0 bridgehead atoms. The van der Waals surface area contributed by atoms with Crippen LogP contribution in [0, 0.1) is 0 Å². The van der Waals surface area contributed by atoms with Gasteiger partial charge in [-0.15, -0.1) is 0 Å². The number of fused-ring (bicyclic) bond motifs is 4. The molecule has 2 nitrogen and oxygen atoms in total. The van der Waals surface area contributed by atoms with Crippen molar-refractivity contribution in [3.63, 3.8) is 0 Å². The molecule has 45 heavy (non-hydrogen) atoms. The molecule has 0 saturated carbocycles. The van der Waals surface area contributed by atoms with Crippen LogP contribution >= 0.6 is 0 Å². The molecule has 3 aliphatic heterocycles. The number of aromatic nitrogens is 1. The molecule has 6 aromatic carbocycles. The Balaban J connectivity index is 1.35. The maximum Gasteiger partial charge on any atom is 0.248 e. The van der Waals surface area contributed by atoms with Crippen molar-refractivity contribution in [2.45, 2.75) is 38.5 Å². The first-order valence-corrected chi connectivity index (χ1v) is 16.2. The summed E-state index contributed by atoms with van der Waals surface area (Å²) in [5, 5.41) is 2.66. The van der Waals surface area contributed by atoms with Gasteiger partial charge >= 0.3 is 0 Å². The number of para-hydroxylation sites is 2. The quantitative estimate of drug-likeness (QED) is 0.192. The highest BCUT2D eigenvalue weighted by Gasteiger charge is 2.51. The van der Waals surface area contributed by atoms with Crippen LogP contribution in [-0.4, -0.2) is 11.3 Å². The van der Waals surface area contributed by atoms with Crippen molar-refractivity contribution in [2.75, 3.05) is 4.90 Å². The van der Waals surface area contributed by atoms with Gasteiger partial charge in [-0.25, -0.2) is 0 Å². The van der Waals surface area contributed by atoms with Crippen molar-refractivity contribution in [3.8, 4) is 5.69 Å². The summed E-state index contributed by atoms with van der Waals surface area (Å²) in [4.78, 5) is 2.38. The molecule has 0 fully saturated rings. The summed E-state index contributed by atoms with van der Waals surface area (Å²) >= 11 is 0. The zero-order valence-corrected chi connectivity index (χ0v) is 26.1. The molecule has 10 rings (SSSR count). The van der Waals surface area contributed by atoms with Gasteiger partial charge in [0.15, 0.2) is 0 Å². The van der Waals surface area contributed by atoms with E-state index < -0.39 is 0 Å². The van der Waals surface area contributed by atoms with E-state index in [4.69, 9.17) is 0 Å². The molecule has 0 aliphatic carbocycles. The van der Waals surface area contributed by atoms with E-state index >= 15 is 0 Å². The van der Waals surface area contributed by atoms with Crippen LogP contribution in [0.5, 0.6) is 0 Å². The Kier molecular flexibility index (Phi) is 4.71. The molecule has 0 radical (unpaired) electrons. The molecule has 3 heteroatoms. The van der Waals surface area contributed by atoms with Crippen molar-refractivity contribution in [3.05, 3.63) is 150 Å². The van der Waals surface area contributed by atoms with Crippen molar-refractivity contribution in [2.24, 2.45) is 0 Å². The van der Waals surface area contributed by atoms with Gasteiger partial charge in [-0.05, 0) is 75.6 Å². The normalized spacial score (nSPS) is 15.9. The predicted molar refractivity (Wildman–Crippen MR) is 191 cm³/mol. The Morgan fingerprint density at radius 2 is 1.04 bits per heavy atom. The summed E-state index contributed by atoms with van der Waals surface area (Å²) in [6.07, 6.45) is 0. The Hall–Kier alpha value is -5.02. The summed E-state index contributed by atoms with van der Waals surface area (Å²) in [6.45, 7) is 9.97. The minimum Gasteiger partial charge on any atom is -0.310 e. The average molecular weight is 577 g/mol. The van der Waals surface area contributed by atoms with E-state index in [1.54, 1.807) is 5.46 Å². The molecule has 0 N–H and O–H groups in total. The summed E-state index contributed by atoms with van der Waals surface area (Å²) in [5.74, 6) is 0. The molecule has 0 spiro atoms. The van der Waals surface area contributed by atoms with Crippen LogP contribution in [0.4, 0.5) is 17.1 Å². The summed E-state index contributed by atoms with van der Waals surface area (Å²) < 4.78 is 2.61. The highest BCUT2D eigenvalue weighted by Crippen LogP contribution is 2.46. The maximum absolute atomic E-state index is 2.61. The Bertz CT molecular complexity index is 2330. The molecule has 1 aromatic heterocycles. The van der Waals surface area contributed by atoms with Crippen molar-refractivity contribution < 1.29 is 0 Å². The van der Waals surface area contributed by atoms with Gasteiger partial charge < -0.3 is 9.47 Å². The van der Waals surface area contributed by atoms with Gasteiger partial charge in [0.05, 0.1) is 5.52 Å². The fourth-order valence-electron chi connectivity index (χ4n) is 9.23. The molecule has 0 amide bonds. The van der Waals surface area contributed by atoms with Crippen LogP contribution in [0.25, 0.3) is 27.5 Å². The van der Waals surface area contributed by atoms with E-state index in [1.807, 2.05) is 0 Å². The summed E-state index contributed by atoms with van der Waals surface area (Å²) in [6, 6.07) is 47.5. The van der Waals surface area contributed by atoms with Gasteiger partial charge in [0.2, 0.25) is 6.71 Å². The fourth-order valence-corrected chi connectivity index (χ4v) is 9.23. The molecular formula is C42H33BN2. The number of anilines is 3. The van der Waals surface area contributed by atoms with Crippen LogP contribution in [-0.2, 0) is 10.8 Å². The van der Waals surface area contributed by atoms with Crippen molar-refractivity contribution >= 4 is 62.0 Å². The third kappa shape index (κ3) is 3.02. The van der Waals surface area contributed by atoms with Gasteiger partial charge in [-0.2, -0.15) is 0 Å². The predicted octanol–water partition coefficient (Wildman–Crippen LogP) is 8.36. The van der Waals surface area contributed by atoms with E-state index in [0.717, 1.165) is 17.1 Å². The first-order chi connectivity index (χ1) is 21.9. The summed E-state index contributed by atoms with van der Waals surface area (Å²) in [5.41, 5.74) is 17.7. The largest absolute Gasteiger partial charge is 0.310 e. The lowest BCUT2D eigenvalue weighted by molar-refractivity contribution is 0.621. The second-order valence-electron chi connectivity index (χ2n) is 14.2. The first kappa shape index (κ1) is 25.3. The van der Waals surface area contributed by atoms with Gasteiger partial charge in [0, 0.05) is 49.9 Å². The summed E-state index contributed by atoms with van der Waals surface area (Å²) in [7, 11) is 0. The Morgan fingerprint density at radius 1 is 0.489 bits per heavy atom. The lowest BCUT2D eigenvalue weighted by Gasteiger charge is -2.48. The molecule has 4 heterocycles. The second kappa shape index (κ2) is 8.37. The third-order valence-corrected chi connectivity index (χ3v) is 11.2. The second-order valence-corrected chi connectivity index (χ2v) is 14.2. The Labute approximate surface area is 264 Å². The monoisotopic (exact) mass is 576 g/mol. The number of rotatable bonds is 3. The fraction of sp³-hybridized carbons (Fsp3) is 0.143. The molecule has 214 valence electrons. The standard InChI is InChI=1S/C42H33BN2/c1-41(2)31-17-11-18-32-37(31)43-38-33(41)19-12-20-35(38)45-36-25-28(44(26-13-7-5-8-14-26)27-15-9-6-10-16-27)21-22-29(36)30-23-24-34(42(32,3)4)39(43)40(30)45/h5-25H,1-4H3. The topological polar surface area (TPSA) is 8.17 Å². The van der Waals surface area contributed by atoms with Crippen molar-refractivity contribution in [1.29, 1.82) is 0 Å². The van der Waals surface area contributed by atoms with Gasteiger partial charge in [0.25, 0.3) is 0 Å². The number of nitrogens with zero attached hydrogens (tertiary/aromatic N) is 2. The SMILES string of the molecule is CC1(C)c2cccc3c2B2c4c1cccc4C(C)(C)c1ccc4c5ccc(N(c6ccccc6)c6ccccc6)cc5n-3c4c12. The average Bonchev–Trinajstić information content (AvgIpc) is 3.40. The third-order valence-electron chi connectivity index (χ3n) is 11.2. The first-order valence-electron chi connectivity index (χ1n) is 16.2. The Morgan fingerprint density at radius 3 is 1.69 bits per heavy atom. The minimum absolute atomic E-state index is 0.0856. The van der Waals surface area contributed by atoms with Crippen LogP contribution in [0.15, 0.2) is 127 Å². The van der Waals surface area contributed by atoms with Crippen molar-refractivity contribution in [1.82, 2.24) is 4.57 Å². The molecule has 0 unspecified atom stereocenters. The zero-order valence-electron chi connectivity index (χ0n) is 26.1. The van der Waals surface area contributed by atoms with E-state index in [0.29, 0.717) is 0 Å². The number of benzene rings is 6. The van der Waals surface area contributed by atoms with Gasteiger partial charge in [-0.1, -0.05) is 118 Å². The lowest BCUT2D eigenvalue weighted by Crippen LogP contribution is -2.68. The number of hydrogen-bond acceptors (Lipinski definition) is 1. The molecular weight excluding hydrogens is 543 g/mol. The maximum atomic E-state index is 2.61. The van der Waals surface area contributed by atoms with Crippen LogP contribution in [0.1, 0.15) is 49.9 Å². The van der Waals surface area contributed by atoms with Crippen LogP contribution in [0.3, 0.4) is 0 Å². The highest BCUT2D eigenvalue weighted by molar-refractivity contribution is 7.00. The van der Waals surface area contributed by atoms with Gasteiger partial charge in [-0.3, -0.25) is 0 Å². The molecule has 7 aromatic rings. The number of hydrogen-bond donors (Lipinski definition) is 0. The zero-order chi connectivity index (χ0) is 30.2. The molecule has 0 saturated heterocycles. The van der Waals surface area contributed by atoms with E-state index in [1.165, 1.54) is 60.7 Å². The van der Waals surface area contributed by atoms with Gasteiger partial charge in [0.1, 0.15) is 0 Å². The highest BCUT2D eigenvalue weighted by atomic mass is 15.1. The lowest BCUT2D eigenvalue weighted by atomic mass is 9.26. The van der Waals surface area contributed by atoms with E-state index in [-0.39, 0.29) is 17.5 Å². The van der Waals surface area contributed by atoms with E-state index in [9.17, 15) is 0 Å².